The van der Waals surface area contributed by atoms with Gasteiger partial charge in [0.1, 0.15) is 4.90 Å². The van der Waals surface area contributed by atoms with Gasteiger partial charge in [0, 0.05) is 16.1 Å². The van der Waals surface area contributed by atoms with Gasteiger partial charge in [0.25, 0.3) is 0 Å². The van der Waals surface area contributed by atoms with Gasteiger partial charge in [0.2, 0.25) is 0 Å². The molecule has 7 heteroatoms. The van der Waals surface area contributed by atoms with E-state index in [2.05, 4.69) is 6.07 Å². The number of fused-ring (bicyclic) bond motifs is 1. The van der Waals surface area contributed by atoms with Gasteiger partial charge in [0.05, 0.1) is 16.7 Å². The Kier molecular flexibility index (Phi) is 6.20. The Hall–Kier alpha value is -3.30. The van der Waals surface area contributed by atoms with E-state index in [9.17, 15) is 13.7 Å². The number of benzene rings is 4. The van der Waals surface area contributed by atoms with Crippen LogP contribution in [0.25, 0.3) is 22.4 Å². The van der Waals surface area contributed by atoms with Gasteiger partial charge in [-0.3, -0.25) is 0 Å². The predicted molar refractivity (Wildman–Crippen MR) is 128 cm³/mol. The topological polar surface area (TPSA) is 67.2 Å². The van der Waals surface area contributed by atoms with Crippen molar-refractivity contribution in [2.24, 2.45) is 0 Å². The highest BCUT2D eigenvalue weighted by molar-refractivity contribution is 7.87. The smallest absolute Gasteiger partial charge is 0.339 e. The third-order valence-electron chi connectivity index (χ3n) is 4.79. The van der Waals surface area contributed by atoms with Gasteiger partial charge in [-0.25, -0.2) is 0 Å². The summed E-state index contributed by atoms with van der Waals surface area (Å²) in [7, 11) is -4.08. The fourth-order valence-electron chi connectivity index (χ4n) is 3.27. The predicted octanol–water partition coefficient (Wildman–Crippen LogP) is 6.98. The minimum atomic E-state index is -4.08. The second-order valence-electron chi connectivity index (χ2n) is 6.84. The molecular weight excluding hydrogens is 465 g/mol. The second kappa shape index (κ2) is 9.05. The fraction of sp³-hybridized carbons (Fsp3) is 0. The van der Waals surface area contributed by atoms with E-state index in [0.29, 0.717) is 21.2 Å². The Bertz CT molecular complexity index is 1490. The maximum Gasteiger partial charge on any atom is 0.339 e. The van der Waals surface area contributed by atoms with Crippen LogP contribution in [-0.2, 0) is 10.1 Å². The molecule has 0 radical (unpaired) electrons. The molecule has 4 aromatic carbocycles. The van der Waals surface area contributed by atoms with Crippen molar-refractivity contribution < 1.29 is 12.6 Å². The Balaban J connectivity index is 1.91. The van der Waals surface area contributed by atoms with Crippen LogP contribution in [0.2, 0.25) is 10.0 Å². The van der Waals surface area contributed by atoms with Gasteiger partial charge in [-0.1, -0.05) is 77.8 Å². The molecule has 0 amide bonds. The van der Waals surface area contributed by atoms with Crippen molar-refractivity contribution in [3.05, 3.63) is 106 Å². The van der Waals surface area contributed by atoms with E-state index >= 15 is 0 Å². The van der Waals surface area contributed by atoms with E-state index in [1.165, 1.54) is 12.1 Å². The molecule has 4 aromatic rings. The molecule has 0 fully saturated rings. The lowest BCUT2D eigenvalue weighted by Crippen LogP contribution is -2.10. The van der Waals surface area contributed by atoms with Gasteiger partial charge < -0.3 is 4.18 Å². The summed E-state index contributed by atoms with van der Waals surface area (Å²) < 4.78 is 31.2. The molecule has 0 aliphatic carbocycles. The average Bonchev–Trinajstić information content (AvgIpc) is 2.79. The Morgan fingerprint density at radius 1 is 0.906 bits per heavy atom. The largest absolute Gasteiger partial charge is 0.378 e. The minimum Gasteiger partial charge on any atom is -0.378 e. The fourth-order valence-corrected chi connectivity index (χ4v) is 4.75. The molecule has 0 spiro atoms. The molecule has 0 unspecified atom stereocenters. The van der Waals surface area contributed by atoms with Crippen LogP contribution in [0.15, 0.2) is 89.8 Å². The van der Waals surface area contributed by atoms with Crippen LogP contribution in [0.3, 0.4) is 0 Å². The molecule has 0 N–H and O–H groups in total. The zero-order valence-electron chi connectivity index (χ0n) is 16.5. The molecule has 0 saturated heterocycles. The third-order valence-corrected chi connectivity index (χ3v) is 6.59. The first-order chi connectivity index (χ1) is 15.4. The first-order valence-electron chi connectivity index (χ1n) is 9.47. The molecule has 0 atom stereocenters. The summed E-state index contributed by atoms with van der Waals surface area (Å²) in [6.45, 7) is 0. The molecule has 4 rings (SSSR count). The molecule has 158 valence electrons. The van der Waals surface area contributed by atoms with E-state index in [-0.39, 0.29) is 16.2 Å². The number of nitriles is 1. The van der Waals surface area contributed by atoms with Crippen molar-refractivity contribution in [2.75, 3.05) is 0 Å². The Morgan fingerprint density at radius 2 is 1.62 bits per heavy atom. The maximum absolute atomic E-state index is 12.9. The van der Waals surface area contributed by atoms with Crippen LogP contribution in [0.5, 0.6) is 5.75 Å². The number of halogens is 2. The van der Waals surface area contributed by atoms with Crippen LogP contribution in [-0.4, -0.2) is 8.42 Å². The van der Waals surface area contributed by atoms with Crippen molar-refractivity contribution in [3.63, 3.8) is 0 Å². The molecule has 4 nitrogen and oxygen atoms in total. The van der Waals surface area contributed by atoms with E-state index in [0.717, 1.165) is 10.8 Å². The van der Waals surface area contributed by atoms with Crippen LogP contribution >= 0.6 is 23.2 Å². The zero-order valence-corrected chi connectivity index (χ0v) is 18.8. The lowest BCUT2D eigenvalue weighted by Gasteiger charge is -2.13. The summed E-state index contributed by atoms with van der Waals surface area (Å²) in [6, 6.07) is 25.6. The van der Waals surface area contributed by atoms with Crippen molar-refractivity contribution >= 4 is 55.7 Å². The van der Waals surface area contributed by atoms with Gasteiger partial charge >= 0.3 is 10.1 Å². The van der Waals surface area contributed by atoms with Gasteiger partial charge in [-0.05, 0) is 47.2 Å². The van der Waals surface area contributed by atoms with E-state index < -0.39 is 10.1 Å². The molecule has 0 saturated carbocycles. The Morgan fingerprint density at radius 3 is 2.34 bits per heavy atom. The van der Waals surface area contributed by atoms with Crippen LogP contribution < -0.4 is 4.18 Å². The van der Waals surface area contributed by atoms with Crippen molar-refractivity contribution in [1.82, 2.24) is 0 Å². The van der Waals surface area contributed by atoms with Crippen molar-refractivity contribution in [1.29, 1.82) is 5.26 Å². The van der Waals surface area contributed by atoms with Crippen molar-refractivity contribution in [3.8, 4) is 11.8 Å². The van der Waals surface area contributed by atoms with Gasteiger partial charge in [-0.2, -0.15) is 13.7 Å². The first-order valence-corrected chi connectivity index (χ1v) is 11.6. The normalized spacial score (nSPS) is 11.8. The summed E-state index contributed by atoms with van der Waals surface area (Å²) in [5, 5.41) is 12.2. The SMILES string of the molecule is N#C/C(=C\c1c(OS(=O)(=O)c2ccccc2)ccc2ccccc12)c1ccc(Cl)cc1Cl. The molecule has 0 aliphatic heterocycles. The lowest BCUT2D eigenvalue weighted by atomic mass is 9.98. The minimum absolute atomic E-state index is 0.0318. The standard InChI is InChI=1S/C25H15Cl2NO3S/c26-19-11-12-22(24(27)15-19)18(16-28)14-23-21-9-5-4-6-17(21)10-13-25(23)31-32(29,30)20-7-2-1-3-8-20/h1-15H/b18-14+. The monoisotopic (exact) mass is 479 g/mol. The molecule has 0 bridgehead atoms. The molecule has 32 heavy (non-hydrogen) atoms. The number of allylic oxidation sites excluding steroid dienone is 1. The summed E-state index contributed by atoms with van der Waals surface area (Å²) in [6.07, 6.45) is 1.58. The molecule has 0 aliphatic rings. The van der Waals surface area contributed by atoms with Crippen LogP contribution in [0, 0.1) is 11.3 Å². The summed E-state index contributed by atoms with van der Waals surface area (Å²) in [4.78, 5) is 0.0318. The van der Waals surface area contributed by atoms with E-state index in [1.54, 1.807) is 54.6 Å². The van der Waals surface area contributed by atoms with Crippen LogP contribution in [0.1, 0.15) is 11.1 Å². The summed E-state index contributed by atoms with van der Waals surface area (Å²) >= 11 is 12.3. The number of nitrogens with zero attached hydrogens (tertiary/aromatic N) is 1. The number of hydrogen-bond donors (Lipinski definition) is 0. The first kappa shape index (κ1) is 21.9. The third kappa shape index (κ3) is 4.49. The molecule has 0 aromatic heterocycles. The number of rotatable bonds is 5. The highest BCUT2D eigenvalue weighted by atomic mass is 35.5. The Labute approximate surface area is 196 Å². The van der Waals surface area contributed by atoms with E-state index in [1.807, 2.05) is 24.3 Å². The summed E-state index contributed by atoms with van der Waals surface area (Å²) in [5.74, 6) is 0.102. The summed E-state index contributed by atoms with van der Waals surface area (Å²) in [5.41, 5.74) is 1.17. The average molecular weight is 480 g/mol. The molecular formula is C25H15Cl2NO3S. The quantitative estimate of drug-likeness (QED) is 0.176. The van der Waals surface area contributed by atoms with E-state index in [4.69, 9.17) is 27.4 Å². The lowest BCUT2D eigenvalue weighted by molar-refractivity contribution is 0.486. The zero-order chi connectivity index (χ0) is 22.7. The van der Waals surface area contributed by atoms with Gasteiger partial charge in [-0.15, -0.1) is 0 Å². The van der Waals surface area contributed by atoms with Crippen molar-refractivity contribution in [2.45, 2.75) is 4.90 Å². The van der Waals surface area contributed by atoms with Crippen LogP contribution in [0.4, 0.5) is 0 Å². The number of hydrogen-bond acceptors (Lipinski definition) is 4. The second-order valence-corrected chi connectivity index (χ2v) is 9.23. The highest BCUT2D eigenvalue weighted by Crippen LogP contribution is 2.35. The maximum atomic E-state index is 12.9. The highest BCUT2D eigenvalue weighted by Gasteiger charge is 2.20. The van der Waals surface area contributed by atoms with Gasteiger partial charge in [0.15, 0.2) is 5.75 Å². The molecule has 0 heterocycles.